The molecule has 2 aliphatic rings. The van der Waals surface area contributed by atoms with Crippen molar-refractivity contribution < 1.29 is 0 Å². The molecule has 6 heteroatoms. The van der Waals surface area contributed by atoms with E-state index in [0.29, 0.717) is 11.9 Å². The van der Waals surface area contributed by atoms with Crippen molar-refractivity contribution >= 4 is 5.82 Å². The van der Waals surface area contributed by atoms with E-state index in [1.807, 2.05) is 6.20 Å². The summed E-state index contributed by atoms with van der Waals surface area (Å²) in [4.78, 5) is 6.20. The highest BCUT2D eigenvalue weighted by Crippen LogP contribution is 2.42. The van der Waals surface area contributed by atoms with Crippen molar-refractivity contribution in [2.75, 3.05) is 5.32 Å². The summed E-state index contributed by atoms with van der Waals surface area (Å²) in [5.41, 5.74) is 10.3. The number of pyridine rings is 1. The zero-order chi connectivity index (χ0) is 22.5. The molecule has 0 saturated heterocycles. The Hall–Kier alpha value is -3.54. The van der Waals surface area contributed by atoms with Gasteiger partial charge in [-0.1, -0.05) is 24.3 Å². The molecular weight excluding hydrogens is 408 g/mol. The van der Waals surface area contributed by atoms with E-state index in [-0.39, 0.29) is 0 Å². The van der Waals surface area contributed by atoms with Crippen molar-refractivity contribution in [3.05, 3.63) is 76.5 Å². The van der Waals surface area contributed by atoms with Crippen LogP contribution in [0.25, 0.3) is 22.5 Å². The number of aromatic nitrogens is 5. The monoisotopic (exact) mass is 436 g/mol. The Kier molecular flexibility index (Phi) is 4.75. The van der Waals surface area contributed by atoms with E-state index >= 15 is 0 Å². The molecule has 0 radical (unpaired) electrons. The Balaban J connectivity index is 1.31. The van der Waals surface area contributed by atoms with Crippen molar-refractivity contribution in [2.24, 2.45) is 7.05 Å². The van der Waals surface area contributed by atoms with Crippen LogP contribution < -0.4 is 5.32 Å². The predicted octanol–water partition coefficient (Wildman–Crippen LogP) is 5.53. The van der Waals surface area contributed by atoms with Gasteiger partial charge in [0, 0.05) is 11.8 Å². The Labute approximate surface area is 194 Å². The maximum atomic E-state index is 4.70. The summed E-state index contributed by atoms with van der Waals surface area (Å²) in [6, 6.07) is 15.7. The van der Waals surface area contributed by atoms with Gasteiger partial charge < -0.3 is 5.32 Å². The van der Waals surface area contributed by atoms with Crippen molar-refractivity contribution in [3.63, 3.8) is 0 Å². The maximum absolute atomic E-state index is 4.70. The van der Waals surface area contributed by atoms with Gasteiger partial charge >= 0.3 is 0 Å². The highest BCUT2D eigenvalue weighted by Gasteiger charge is 2.27. The first kappa shape index (κ1) is 20.1. The van der Waals surface area contributed by atoms with Crippen LogP contribution >= 0.6 is 0 Å². The molecule has 6 rings (SSSR count). The largest absolute Gasteiger partial charge is 0.363 e. The number of hydrogen-bond acceptors (Lipinski definition) is 5. The summed E-state index contributed by atoms with van der Waals surface area (Å²) < 4.78 is 0. The van der Waals surface area contributed by atoms with Crippen molar-refractivity contribution in [2.45, 2.75) is 51.5 Å². The van der Waals surface area contributed by atoms with E-state index in [4.69, 9.17) is 4.98 Å². The Morgan fingerprint density at radius 3 is 2.48 bits per heavy atom. The van der Waals surface area contributed by atoms with Crippen molar-refractivity contribution in [1.82, 2.24) is 25.2 Å². The molecule has 0 aliphatic heterocycles. The molecule has 33 heavy (non-hydrogen) atoms. The van der Waals surface area contributed by atoms with Crippen molar-refractivity contribution in [3.8, 4) is 22.5 Å². The van der Waals surface area contributed by atoms with Crippen LogP contribution in [0.1, 0.15) is 59.0 Å². The van der Waals surface area contributed by atoms with E-state index in [9.17, 15) is 0 Å². The molecule has 2 aliphatic carbocycles. The number of tetrazole rings is 1. The van der Waals surface area contributed by atoms with Gasteiger partial charge in [0.25, 0.3) is 0 Å². The van der Waals surface area contributed by atoms with Gasteiger partial charge in [0.15, 0.2) is 0 Å². The summed E-state index contributed by atoms with van der Waals surface area (Å²) in [6.45, 7) is 4.36. The third-order valence-electron chi connectivity index (χ3n) is 7.00. The minimum absolute atomic E-state index is 0.294. The van der Waals surface area contributed by atoms with Gasteiger partial charge in [0.05, 0.1) is 13.1 Å². The van der Waals surface area contributed by atoms with Crippen LogP contribution in [-0.4, -0.2) is 25.2 Å². The fraction of sp³-hybridized carbons (Fsp3) is 0.333. The second-order valence-electron chi connectivity index (χ2n) is 9.45. The number of nitrogens with zero attached hydrogens (tertiary/aromatic N) is 5. The number of fused-ring (bicyclic) bond motifs is 1. The number of aryl methyl sites for hydroxylation is 3. The average molecular weight is 437 g/mol. The molecule has 1 saturated carbocycles. The standard InChI is InChI=1S/C27H28N6/c1-16-13-20(27-30-32-33(3)31-27)14-17(2)26(16)23-6-4-5-22-21(23)10-11-24(22)29-25-12-9-19(15-28-25)18-7-8-18/h4-6,9,12-15,18,24H,7-8,10-11H2,1-3H3,(H,28,29)/t24-/m1/s1. The normalized spacial score (nSPS) is 17.2. The molecule has 2 aromatic heterocycles. The number of nitrogens with one attached hydrogen (secondary N) is 1. The minimum Gasteiger partial charge on any atom is -0.363 e. The van der Waals surface area contributed by atoms with Gasteiger partial charge in [0.2, 0.25) is 5.82 Å². The molecule has 0 spiro atoms. The summed E-state index contributed by atoms with van der Waals surface area (Å²) in [6.07, 6.45) is 6.81. The summed E-state index contributed by atoms with van der Waals surface area (Å²) in [7, 11) is 1.79. The summed E-state index contributed by atoms with van der Waals surface area (Å²) in [5, 5.41) is 16.2. The van der Waals surface area contributed by atoms with Crippen molar-refractivity contribution in [1.29, 1.82) is 0 Å². The van der Waals surface area contributed by atoms with Gasteiger partial charge in [-0.05, 0) is 108 Å². The molecule has 2 heterocycles. The lowest BCUT2D eigenvalue weighted by atomic mass is 9.89. The first-order valence-corrected chi connectivity index (χ1v) is 11.8. The number of rotatable bonds is 5. The third-order valence-corrected chi connectivity index (χ3v) is 7.00. The molecule has 166 valence electrons. The topological polar surface area (TPSA) is 68.5 Å². The Morgan fingerprint density at radius 2 is 1.82 bits per heavy atom. The molecule has 0 bridgehead atoms. The van der Waals surface area contributed by atoms with Gasteiger partial charge in [-0.25, -0.2) is 4.98 Å². The maximum Gasteiger partial charge on any atom is 0.204 e. The van der Waals surface area contributed by atoms with Crippen LogP contribution in [-0.2, 0) is 13.5 Å². The first-order valence-electron chi connectivity index (χ1n) is 11.8. The lowest BCUT2D eigenvalue weighted by Crippen LogP contribution is -2.08. The fourth-order valence-electron chi connectivity index (χ4n) is 5.28. The molecule has 0 unspecified atom stereocenters. The molecule has 0 amide bonds. The van der Waals surface area contributed by atoms with Crippen LogP contribution in [0.5, 0.6) is 0 Å². The summed E-state index contributed by atoms with van der Waals surface area (Å²) >= 11 is 0. The van der Waals surface area contributed by atoms with E-state index in [2.05, 4.69) is 77.0 Å². The number of hydrogen-bond donors (Lipinski definition) is 1. The Morgan fingerprint density at radius 1 is 1.00 bits per heavy atom. The van der Waals surface area contributed by atoms with E-state index in [0.717, 1.165) is 30.1 Å². The quantitative estimate of drug-likeness (QED) is 0.445. The van der Waals surface area contributed by atoms with Crippen LogP contribution in [0.4, 0.5) is 5.82 Å². The molecule has 4 aromatic rings. The van der Waals surface area contributed by atoms with Crippen LogP contribution in [0, 0.1) is 13.8 Å². The van der Waals surface area contributed by atoms with Gasteiger partial charge in [0.1, 0.15) is 5.82 Å². The lowest BCUT2D eigenvalue weighted by molar-refractivity contribution is 0.630. The predicted molar refractivity (Wildman–Crippen MR) is 130 cm³/mol. The molecule has 6 nitrogen and oxygen atoms in total. The van der Waals surface area contributed by atoms with Gasteiger partial charge in [-0.2, -0.15) is 4.80 Å². The molecular formula is C27H28N6. The smallest absolute Gasteiger partial charge is 0.204 e. The zero-order valence-corrected chi connectivity index (χ0v) is 19.3. The van der Waals surface area contributed by atoms with Crippen LogP contribution in [0.3, 0.4) is 0 Å². The highest BCUT2D eigenvalue weighted by atomic mass is 15.6. The fourth-order valence-corrected chi connectivity index (χ4v) is 5.28. The van der Waals surface area contributed by atoms with E-state index in [1.54, 1.807) is 7.05 Å². The summed E-state index contributed by atoms with van der Waals surface area (Å²) in [5.74, 6) is 2.37. The molecule has 1 N–H and O–H groups in total. The number of anilines is 1. The van der Waals surface area contributed by atoms with E-state index < -0.39 is 0 Å². The SMILES string of the molecule is Cc1cc(-c2nnn(C)n2)cc(C)c1-c1cccc2c1CC[C@H]2Nc1ccc(C2CC2)cn1. The van der Waals surface area contributed by atoms with Gasteiger partial charge in [-0.3, -0.25) is 0 Å². The first-order chi connectivity index (χ1) is 16.1. The average Bonchev–Trinajstić information content (AvgIpc) is 3.44. The second-order valence-corrected chi connectivity index (χ2v) is 9.45. The molecule has 1 fully saturated rings. The van der Waals surface area contributed by atoms with E-state index in [1.165, 1.54) is 56.6 Å². The van der Waals surface area contributed by atoms with Crippen LogP contribution in [0.2, 0.25) is 0 Å². The molecule has 2 aromatic carbocycles. The highest BCUT2D eigenvalue weighted by molar-refractivity contribution is 5.78. The lowest BCUT2D eigenvalue weighted by Gasteiger charge is -2.18. The second kappa shape index (κ2) is 7.80. The zero-order valence-electron chi connectivity index (χ0n) is 19.3. The molecule has 1 atom stereocenters. The Bertz CT molecular complexity index is 1310. The minimum atomic E-state index is 0.294. The number of benzene rings is 2. The van der Waals surface area contributed by atoms with Gasteiger partial charge in [-0.15, -0.1) is 10.2 Å². The third kappa shape index (κ3) is 3.69. The van der Waals surface area contributed by atoms with Crippen LogP contribution in [0.15, 0.2) is 48.7 Å².